The fraction of sp³-hybridized carbons (Fsp3) is 0.571. The van der Waals surface area contributed by atoms with Gasteiger partial charge in [-0.25, -0.2) is 0 Å². The lowest BCUT2D eigenvalue weighted by molar-refractivity contribution is -0.145. The molecule has 3 rings (SSSR count). The first-order chi connectivity index (χ1) is 13.7. The Morgan fingerprint density at radius 1 is 1.14 bits per heavy atom. The molecule has 0 aromatic heterocycles. The summed E-state index contributed by atoms with van der Waals surface area (Å²) in [6.07, 6.45) is 3.31. The Bertz CT molecular complexity index is 709. The summed E-state index contributed by atoms with van der Waals surface area (Å²) in [5.41, 5.74) is 1.79. The number of nitrogens with one attached hydrogen (secondary N) is 1. The molecule has 0 unspecified atom stereocenters. The van der Waals surface area contributed by atoms with E-state index < -0.39 is 11.8 Å². The van der Waals surface area contributed by atoms with Crippen LogP contribution in [0.3, 0.4) is 0 Å². The van der Waals surface area contributed by atoms with Gasteiger partial charge in [0.1, 0.15) is 0 Å². The van der Waals surface area contributed by atoms with Crippen LogP contribution in [-0.2, 0) is 20.9 Å². The summed E-state index contributed by atoms with van der Waals surface area (Å²) < 4.78 is 5.47. The van der Waals surface area contributed by atoms with Gasteiger partial charge in [0.25, 0.3) is 0 Å². The summed E-state index contributed by atoms with van der Waals surface area (Å²) >= 11 is 0. The zero-order valence-corrected chi connectivity index (χ0v) is 16.2. The third-order valence-corrected chi connectivity index (χ3v) is 5.14. The minimum Gasteiger partial charge on any atom is -0.379 e. The Morgan fingerprint density at radius 2 is 1.93 bits per heavy atom. The van der Waals surface area contributed by atoms with Gasteiger partial charge >= 0.3 is 11.8 Å². The summed E-state index contributed by atoms with van der Waals surface area (Å²) in [4.78, 5) is 28.4. The van der Waals surface area contributed by atoms with Crippen LogP contribution in [0, 0.1) is 17.2 Å². The quantitative estimate of drug-likeness (QED) is 0.563. The lowest BCUT2D eigenvalue weighted by Crippen LogP contribution is -2.45. The van der Waals surface area contributed by atoms with Gasteiger partial charge in [-0.1, -0.05) is 12.1 Å². The molecule has 1 aliphatic carbocycles. The summed E-state index contributed by atoms with van der Waals surface area (Å²) in [7, 11) is 0. The number of amides is 2. The van der Waals surface area contributed by atoms with Crippen molar-refractivity contribution >= 4 is 11.8 Å². The SMILES string of the molecule is N#Cc1ccc(CN2CCCN(C(=O)C(=O)NCCOCC3CC3)CC2)cc1. The molecule has 1 aromatic carbocycles. The number of nitrogens with zero attached hydrogens (tertiary/aromatic N) is 3. The number of benzene rings is 1. The second-order valence-corrected chi connectivity index (χ2v) is 7.50. The van der Waals surface area contributed by atoms with Gasteiger partial charge in [0, 0.05) is 45.9 Å². The molecule has 150 valence electrons. The molecule has 0 spiro atoms. The van der Waals surface area contributed by atoms with E-state index in [4.69, 9.17) is 10.00 Å². The lowest BCUT2D eigenvalue weighted by Gasteiger charge is -2.21. The van der Waals surface area contributed by atoms with Crippen LogP contribution < -0.4 is 5.32 Å². The molecule has 7 heteroatoms. The Hall–Kier alpha value is -2.43. The highest BCUT2D eigenvalue weighted by molar-refractivity contribution is 6.35. The van der Waals surface area contributed by atoms with E-state index in [2.05, 4.69) is 16.3 Å². The number of carbonyl (C=O) groups excluding carboxylic acids is 2. The predicted octanol–water partition coefficient (Wildman–Crippen LogP) is 1.14. The molecule has 2 fully saturated rings. The van der Waals surface area contributed by atoms with Gasteiger partial charge in [-0.05, 0) is 42.9 Å². The van der Waals surface area contributed by atoms with Crippen molar-refractivity contribution in [1.29, 1.82) is 5.26 Å². The molecule has 1 saturated heterocycles. The van der Waals surface area contributed by atoms with E-state index in [1.807, 2.05) is 24.3 Å². The summed E-state index contributed by atoms with van der Waals surface area (Å²) in [5.74, 6) is -0.306. The molecule has 0 atom stereocenters. The van der Waals surface area contributed by atoms with E-state index >= 15 is 0 Å². The van der Waals surface area contributed by atoms with Gasteiger partial charge in [-0.15, -0.1) is 0 Å². The van der Waals surface area contributed by atoms with Gasteiger partial charge in [-0.2, -0.15) is 5.26 Å². The van der Waals surface area contributed by atoms with Crippen molar-refractivity contribution in [3.05, 3.63) is 35.4 Å². The monoisotopic (exact) mass is 384 g/mol. The molecule has 1 heterocycles. The molecule has 7 nitrogen and oxygen atoms in total. The zero-order valence-electron chi connectivity index (χ0n) is 16.2. The maximum absolute atomic E-state index is 12.4. The van der Waals surface area contributed by atoms with E-state index in [1.54, 1.807) is 4.90 Å². The lowest BCUT2D eigenvalue weighted by atomic mass is 10.1. The summed E-state index contributed by atoms with van der Waals surface area (Å²) in [5, 5.41) is 11.5. The zero-order chi connectivity index (χ0) is 19.8. The van der Waals surface area contributed by atoms with Crippen molar-refractivity contribution in [1.82, 2.24) is 15.1 Å². The van der Waals surface area contributed by atoms with Crippen LogP contribution in [0.5, 0.6) is 0 Å². The van der Waals surface area contributed by atoms with Gasteiger partial charge in [-0.3, -0.25) is 14.5 Å². The molecule has 2 aliphatic rings. The first kappa shape index (κ1) is 20.3. The van der Waals surface area contributed by atoms with E-state index in [9.17, 15) is 9.59 Å². The second-order valence-electron chi connectivity index (χ2n) is 7.50. The molecular weight excluding hydrogens is 356 g/mol. The molecule has 0 radical (unpaired) electrons. The highest BCUT2D eigenvalue weighted by Crippen LogP contribution is 2.28. The Balaban J connectivity index is 1.38. The van der Waals surface area contributed by atoms with Crippen molar-refractivity contribution in [3.63, 3.8) is 0 Å². The van der Waals surface area contributed by atoms with Crippen LogP contribution >= 0.6 is 0 Å². The molecule has 0 bridgehead atoms. The summed E-state index contributed by atoms with van der Waals surface area (Å²) in [6, 6.07) is 9.69. The topological polar surface area (TPSA) is 85.7 Å². The average Bonchev–Trinajstić information content (AvgIpc) is 3.55. The first-order valence-electron chi connectivity index (χ1n) is 10.0. The minimum absolute atomic E-state index is 0.371. The standard InChI is InChI=1S/C21H28N4O3/c22-14-17-2-4-18(5-3-17)15-24-9-1-10-25(12-11-24)21(27)20(26)23-8-13-28-16-19-6-7-19/h2-5,19H,1,6-13,15-16H2,(H,23,26). The van der Waals surface area contributed by atoms with Crippen LogP contribution in [0.4, 0.5) is 0 Å². The molecule has 1 saturated carbocycles. The largest absolute Gasteiger partial charge is 0.379 e. The Kier molecular flexibility index (Phi) is 7.40. The molecule has 1 aromatic rings. The van der Waals surface area contributed by atoms with Crippen molar-refractivity contribution in [2.45, 2.75) is 25.8 Å². The molecular formula is C21H28N4O3. The van der Waals surface area contributed by atoms with Crippen LogP contribution in [0.25, 0.3) is 0 Å². The average molecular weight is 384 g/mol. The van der Waals surface area contributed by atoms with Gasteiger partial charge in [0.15, 0.2) is 0 Å². The molecule has 1 N–H and O–H groups in total. The highest BCUT2D eigenvalue weighted by Gasteiger charge is 2.24. The second kappa shape index (κ2) is 10.2. The van der Waals surface area contributed by atoms with Crippen LogP contribution in [-0.4, -0.2) is 67.6 Å². The van der Waals surface area contributed by atoms with Gasteiger partial charge in [0.05, 0.1) is 18.2 Å². The molecule has 2 amide bonds. The third kappa shape index (κ3) is 6.32. The first-order valence-corrected chi connectivity index (χ1v) is 10.0. The normalized spacial score (nSPS) is 17.6. The summed E-state index contributed by atoms with van der Waals surface area (Å²) in [6.45, 7) is 5.09. The Morgan fingerprint density at radius 3 is 2.64 bits per heavy atom. The Labute approximate surface area is 166 Å². The number of hydrogen-bond donors (Lipinski definition) is 1. The van der Waals surface area contributed by atoms with E-state index in [1.165, 1.54) is 12.8 Å². The van der Waals surface area contributed by atoms with E-state index in [-0.39, 0.29) is 0 Å². The predicted molar refractivity (Wildman–Crippen MR) is 104 cm³/mol. The maximum Gasteiger partial charge on any atom is 0.311 e. The fourth-order valence-electron chi connectivity index (χ4n) is 3.27. The number of rotatable bonds is 7. The van der Waals surface area contributed by atoms with Crippen LogP contribution in [0.1, 0.15) is 30.4 Å². The maximum atomic E-state index is 12.4. The smallest absolute Gasteiger partial charge is 0.311 e. The van der Waals surface area contributed by atoms with Gasteiger partial charge in [0.2, 0.25) is 0 Å². The highest BCUT2D eigenvalue weighted by atomic mass is 16.5. The van der Waals surface area contributed by atoms with Crippen molar-refractivity contribution < 1.29 is 14.3 Å². The van der Waals surface area contributed by atoms with Crippen molar-refractivity contribution in [3.8, 4) is 6.07 Å². The van der Waals surface area contributed by atoms with E-state index in [0.29, 0.717) is 37.7 Å². The van der Waals surface area contributed by atoms with Crippen molar-refractivity contribution in [2.24, 2.45) is 5.92 Å². The number of nitriles is 1. The molecule has 28 heavy (non-hydrogen) atoms. The number of ether oxygens (including phenoxy) is 1. The van der Waals surface area contributed by atoms with Crippen LogP contribution in [0.15, 0.2) is 24.3 Å². The van der Waals surface area contributed by atoms with Gasteiger partial charge < -0.3 is 15.0 Å². The third-order valence-electron chi connectivity index (χ3n) is 5.14. The fourth-order valence-corrected chi connectivity index (χ4v) is 3.27. The van der Waals surface area contributed by atoms with E-state index in [0.717, 1.165) is 38.2 Å². The minimum atomic E-state index is -0.546. The van der Waals surface area contributed by atoms with Crippen molar-refractivity contribution in [2.75, 3.05) is 45.9 Å². The molecule has 1 aliphatic heterocycles. The number of carbonyl (C=O) groups is 2. The number of hydrogen-bond acceptors (Lipinski definition) is 5. The van der Waals surface area contributed by atoms with Crippen LogP contribution in [0.2, 0.25) is 0 Å².